The van der Waals surface area contributed by atoms with Gasteiger partial charge < -0.3 is 10.2 Å². The third-order valence-electron chi connectivity index (χ3n) is 6.54. The van der Waals surface area contributed by atoms with Crippen LogP contribution >= 0.6 is 23.2 Å². The van der Waals surface area contributed by atoms with Gasteiger partial charge in [0, 0.05) is 41.6 Å². The molecule has 0 aliphatic carbocycles. The number of carbonyl (C=O) groups excluding carboxylic acids is 1. The Morgan fingerprint density at radius 2 is 1.56 bits per heavy atom. The lowest BCUT2D eigenvalue weighted by Crippen LogP contribution is -2.56. The summed E-state index contributed by atoms with van der Waals surface area (Å²) in [5.74, 6) is 0.120. The van der Waals surface area contributed by atoms with Crippen molar-refractivity contribution in [1.29, 1.82) is 0 Å². The predicted molar refractivity (Wildman–Crippen MR) is 129 cm³/mol. The van der Waals surface area contributed by atoms with Crippen LogP contribution in [0.15, 0.2) is 66.9 Å². The fraction of sp³-hybridized carbons (Fsp3) is 0.280. The number of nitrogens with one attached hydrogen (secondary N) is 1. The number of aromatic nitrogens is 1. The maximum absolute atomic E-state index is 12.9. The van der Waals surface area contributed by atoms with Crippen LogP contribution in [0.4, 0.5) is 5.69 Å². The van der Waals surface area contributed by atoms with Crippen LogP contribution in [0.5, 0.6) is 0 Å². The summed E-state index contributed by atoms with van der Waals surface area (Å²) >= 11 is 12.1. The molecule has 5 rings (SSSR count). The van der Waals surface area contributed by atoms with Gasteiger partial charge in [0.05, 0.1) is 12.4 Å². The van der Waals surface area contributed by atoms with Gasteiger partial charge in [0.2, 0.25) is 5.91 Å². The van der Waals surface area contributed by atoms with Crippen molar-refractivity contribution in [1.82, 2.24) is 15.2 Å². The van der Waals surface area contributed by atoms with E-state index < -0.39 is 5.54 Å². The Labute approximate surface area is 198 Å². The van der Waals surface area contributed by atoms with Gasteiger partial charge in [-0.1, -0.05) is 35.3 Å². The van der Waals surface area contributed by atoms with E-state index in [0.29, 0.717) is 11.7 Å². The van der Waals surface area contributed by atoms with Crippen LogP contribution in [-0.2, 0) is 11.3 Å². The number of hydrogen-bond donors (Lipinski definition) is 1. The third-order valence-corrected chi connectivity index (χ3v) is 7.04. The quantitative estimate of drug-likeness (QED) is 0.588. The molecule has 0 unspecified atom stereocenters. The minimum Gasteiger partial charge on any atom is -0.339 e. The average Bonchev–Trinajstić information content (AvgIpc) is 3.12. The highest BCUT2D eigenvalue weighted by Crippen LogP contribution is 2.37. The standard InChI is InChI=1S/C25H24Cl2N4O/c26-20-3-1-18(2-4-20)19-9-12-28-22(15-19)16-30-13-10-25(11-14-30)24(32)29-17-31(25)23-7-5-21(27)6-8-23/h1-9,12,15H,10-11,13-14,16-17H2,(H,29,32). The van der Waals surface area contributed by atoms with Crippen LogP contribution in [0.2, 0.25) is 10.0 Å². The molecule has 3 aromatic rings. The molecule has 0 radical (unpaired) electrons. The van der Waals surface area contributed by atoms with Crippen LogP contribution in [0.3, 0.4) is 0 Å². The van der Waals surface area contributed by atoms with Gasteiger partial charge in [0.1, 0.15) is 5.54 Å². The number of amides is 1. The summed E-state index contributed by atoms with van der Waals surface area (Å²) in [4.78, 5) is 22.0. The van der Waals surface area contributed by atoms with E-state index in [0.717, 1.165) is 60.0 Å². The highest BCUT2D eigenvalue weighted by Gasteiger charge is 2.50. The number of halogens is 2. The second-order valence-electron chi connectivity index (χ2n) is 8.42. The fourth-order valence-electron chi connectivity index (χ4n) is 4.74. The van der Waals surface area contributed by atoms with Crippen molar-refractivity contribution >= 4 is 34.8 Å². The van der Waals surface area contributed by atoms with E-state index in [9.17, 15) is 4.79 Å². The molecule has 32 heavy (non-hydrogen) atoms. The minimum absolute atomic E-state index is 0.120. The molecule has 2 aromatic carbocycles. The smallest absolute Gasteiger partial charge is 0.247 e. The molecule has 164 valence electrons. The molecule has 3 heterocycles. The summed E-state index contributed by atoms with van der Waals surface area (Å²) in [6.07, 6.45) is 3.41. The first kappa shape index (κ1) is 21.3. The van der Waals surface area contributed by atoms with E-state index in [4.69, 9.17) is 23.2 Å². The number of hydrogen-bond acceptors (Lipinski definition) is 4. The van der Waals surface area contributed by atoms with Gasteiger partial charge in [-0.25, -0.2) is 0 Å². The monoisotopic (exact) mass is 466 g/mol. The first-order valence-corrected chi connectivity index (χ1v) is 11.5. The lowest BCUT2D eigenvalue weighted by atomic mass is 9.85. The second-order valence-corrected chi connectivity index (χ2v) is 9.29. The van der Waals surface area contributed by atoms with Gasteiger partial charge in [-0.05, 0) is 72.5 Å². The summed E-state index contributed by atoms with van der Waals surface area (Å²) in [7, 11) is 0. The highest BCUT2D eigenvalue weighted by atomic mass is 35.5. The number of benzene rings is 2. The number of nitrogens with zero attached hydrogens (tertiary/aromatic N) is 3. The van der Waals surface area contributed by atoms with Gasteiger partial charge in [0.15, 0.2) is 0 Å². The van der Waals surface area contributed by atoms with E-state index in [-0.39, 0.29) is 5.91 Å². The van der Waals surface area contributed by atoms with Gasteiger partial charge in [-0.15, -0.1) is 0 Å². The second kappa shape index (κ2) is 8.74. The number of piperidine rings is 1. The van der Waals surface area contributed by atoms with E-state index in [2.05, 4.69) is 26.2 Å². The number of pyridine rings is 1. The van der Waals surface area contributed by atoms with Crippen LogP contribution in [0.25, 0.3) is 11.1 Å². The highest BCUT2D eigenvalue weighted by molar-refractivity contribution is 6.30. The molecule has 0 atom stereocenters. The Bertz CT molecular complexity index is 1110. The minimum atomic E-state index is -0.497. The van der Waals surface area contributed by atoms with E-state index in [1.807, 2.05) is 60.8 Å². The molecule has 1 amide bonds. The molecule has 7 heteroatoms. The van der Waals surface area contributed by atoms with Crippen molar-refractivity contribution in [3.63, 3.8) is 0 Å². The van der Waals surface area contributed by atoms with E-state index in [1.54, 1.807) is 0 Å². The Balaban J connectivity index is 1.28. The van der Waals surface area contributed by atoms with Crippen LogP contribution in [0.1, 0.15) is 18.5 Å². The number of likely N-dealkylation sites (tertiary alicyclic amines) is 1. The molecule has 0 saturated carbocycles. The zero-order valence-electron chi connectivity index (χ0n) is 17.6. The molecule has 2 fully saturated rings. The molecule has 1 N–H and O–H groups in total. The summed E-state index contributed by atoms with van der Waals surface area (Å²) in [6, 6.07) is 19.7. The Morgan fingerprint density at radius 1 is 0.906 bits per heavy atom. The van der Waals surface area contributed by atoms with Gasteiger partial charge >= 0.3 is 0 Å². The van der Waals surface area contributed by atoms with Crippen molar-refractivity contribution < 1.29 is 4.79 Å². The van der Waals surface area contributed by atoms with Gasteiger partial charge in [0.25, 0.3) is 0 Å². The number of anilines is 1. The van der Waals surface area contributed by atoms with Crippen LogP contribution < -0.4 is 10.2 Å². The van der Waals surface area contributed by atoms with Crippen LogP contribution in [-0.4, -0.2) is 41.1 Å². The van der Waals surface area contributed by atoms with Crippen molar-refractivity contribution in [3.05, 3.63) is 82.6 Å². The summed E-state index contributed by atoms with van der Waals surface area (Å²) in [5, 5.41) is 4.48. The van der Waals surface area contributed by atoms with Gasteiger partial charge in [-0.2, -0.15) is 0 Å². The topological polar surface area (TPSA) is 48.5 Å². The summed E-state index contributed by atoms with van der Waals surface area (Å²) < 4.78 is 0. The van der Waals surface area contributed by atoms with Crippen molar-refractivity contribution in [2.24, 2.45) is 0 Å². The van der Waals surface area contributed by atoms with Crippen molar-refractivity contribution in [3.8, 4) is 11.1 Å². The fourth-order valence-corrected chi connectivity index (χ4v) is 4.99. The lowest BCUT2D eigenvalue weighted by molar-refractivity contribution is -0.125. The number of carbonyl (C=O) groups is 1. The van der Waals surface area contributed by atoms with Gasteiger partial charge in [-0.3, -0.25) is 14.7 Å². The number of rotatable bonds is 4. The molecule has 2 saturated heterocycles. The van der Waals surface area contributed by atoms with Crippen molar-refractivity contribution in [2.45, 2.75) is 24.9 Å². The molecule has 2 aliphatic heterocycles. The lowest BCUT2D eigenvalue weighted by Gasteiger charge is -2.43. The molecule has 5 nitrogen and oxygen atoms in total. The normalized spacial score (nSPS) is 18.2. The van der Waals surface area contributed by atoms with E-state index in [1.165, 1.54) is 0 Å². The molecule has 1 spiro atoms. The summed E-state index contributed by atoms with van der Waals surface area (Å²) in [5.41, 5.74) is 3.81. The van der Waals surface area contributed by atoms with Crippen LogP contribution in [0, 0.1) is 0 Å². The maximum Gasteiger partial charge on any atom is 0.247 e. The SMILES string of the molecule is O=C1NCN(c2ccc(Cl)cc2)C12CCN(Cc1cc(-c3ccc(Cl)cc3)ccn1)CC2. The first-order valence-electron chi connectivity index (χ1n) is 10.8. The molecular weight excluding hydrogens is 443 g/mol. The maximum atomic E-state index is 12.9. The zero-order valence-corrected chi connectivity index (χ0v) is 19.1. The molecule has 0 bridgehead atoms. The third kappa shape index (κ3) is 4.08. The predicted octanol–water partition coefficient (Wildman–Crippen LogP) is 4.98. The Hall–Kier alpha value is -2.60. The molecule has 1 aromatic heterocycles. The van der Waals surface area contributed by atoms with Crippen molar-refractivity contribution in [2.75, 3.05) is 24.7 Å². The first-order chi connectivity index (χ1) is 15.5. The Kier molecular flexibility index (Phi) is 5.80. The average molecular weight is 467 g/mol. The molecular formula is C25H24Cl2N4O. The Morgan fingerprint density at radius 3 is 2.25 bits per heavy atom. The zero-order chi connectivity index (χ0) is 22.1. The van der Waals surface area contributed by atoms with E-state index >= 15 is 0 Å². The molecule has 2 aliphatic rings. The largest absolute Gasteiger partial charge is 0.339 e. The summed E-state index contributed by atoms with van der Waals surface area (Å²) in [6.45, 7) is 2.97.